The van der Waals surface area contributed by atoms with Crippen molar-refractivity contribution in [2.75, 3.05) is 11.4 Å². The average Bonchev–Trinajstić information content (AvgIpc) is 2.70. The van der Waals surface area contributed by atoms with Crippen LogP contribution in [0.3, 0.4) is 0 Å². The Morgan fingerprint density at radius 3 is 2.81 bits per heavy atom. The zero-order chi connectivity index (χ0) is 11.7. The quantitative estimate of drug-likeness (QED) is 0.776. The van der Waals surface area contributed by atoms with E-state index in [1.807, 2.05) is 13.0 Å². The van der Waals surface area contributed by atoms with Gasteiger partial charge in [0.1, 0.15) is 0 Å². The van der Waals surface area contributed by atoms with Gasteiger partial charge in [-0.1, -0.05) is 6.92 Å². The Hall–Kier alpha value is -1.84. The van der Waals surface area contributed by atoms with E-state index >= 15 is 0 Å². The topological polar surface area (TPSA) is 57.6 Å². The first-order chi connectivity index (χ1) is 7.63. The van der Waals surface area contributed by atoms with E-state index in [4.69, 9.17) is 5.11 Å². The number of benzene rings is 1. The zero-order valence-electron chi connectivity index (χ0n) is 9.06. The van der Waals surface area contributed by atoms with Crippen LogP contribution in [-0.2, 0) is 6.42 Å². The third-order valence-corrected chi connectivity index (χ3v) is 2.85. The predicted molar refractivity (Wildman–Crippen MR) is 60.1 cm³/mol. The van der Waals surface area contributed by atoms with Gasteiger partial charge in [0.05, 0.1) is 5.69 Å². The molecule has 1 aromatic carbocycles. The van der Waals surface area contributed by atoms with Crippen LogP contribution in [0.4, 0.5) is 10.5 Å². The first-order valence-electron chi connectivity index (χ1n) is 5.30. The monoisotopic (exact) mass is 219 g/mol. The Balaban J connectivity index is 2.36. The van der Waals surface area contributed by atoms with E-state index < -0.39 is 6.09 Å². The van der Waals surface area contributed by atoms with Gasteiger partial charge < -0.3 is 5.11 Å². The number of hydrogen-bond acceptors (Lipinski definition) is 2. The number of carboxylic acid groups (broad SMARTS) is 1. The molecule has 1 aromatic rings. The molecular weight excluding hydrogens is 206 g/mol. The third kappa shape index (κ3) is 1.66. The van der Waals surface area contributed by atoms with Crippen LogP contribution in [0.5, 0.6) is 0 Å². The fourth-order valence-corrected chi connectivity index (χ4v) is 1.98. The lowest BCUT2D eigenvalue weighted by Crippen LogP contribution is -2.26. The number of carbonyl (C=O) groups excluding carboxylic acids is 1. The van der Waals surface area contributed by atoms with Gasteiger partial charge in [0, 0.05) is 18.5 Å². The maximum absolute atomic E-state index is 11.5. The molecule has 1 aliphatic heterocycles. The van der Waals surface area contributed by atoms with Gasteiger partial charge in [0.2, 0.25) is 0 Å². The van der Waals surface area contributed by atoms with E-state index in [9.17, 15) is 9.59 Å². The lowest BCUT2D eigenvalue weighted by Gasteiger charge is -2.12. The van der Waals surface area contributed by atoms with E-state index in [1.54, 1.807) is 12.1 Å². The smallest absolute Gasteiger partial charge is 0.411 e. The first-order valence-corrected chi connectivity index (χ1v) is 5.30. The molecule has 0 saturated carbocycles. The summed E-state index contributed by atoms with van der Waals surface area (Å²) in [5, 5.41) is 8.94. The van der Waals surface area contributed by atoms with Crippen molar-refractivity contribution in [3.05, 3.63) is 29.3 Å². The molecule has 1 N–H and O–H groups in total. The number of amides is 1. The number of fused-ring (bicyclic) bond motifs is 1. The molecule has 1 heterocycles. The lowest BCUT2D eigenvalue weighted by molar-refractivity contribution is 0.0988. The third-order valence-electron chi connectivity index (χ3n) is 2.85. The molecule has 0 atom stereocenters. The van der Waals surface area contributed by atoms with Gasteiger partial charge in [-0.05, 0) is 30.2 Å². The van der Waals surface area contributed by atoms with E-state index in [0.29, 0.717) is 30.6 Å². The van der Waals surface area contributed by atoms with Crippen molar-refractivity contribution in [3.63, 3.8) is 0 Å². The fourth-order valence-electron chi connectivity index (χ4n) is 1.98. The molecular formula is C12H13NO3. The fraction of sp³-hybridized carbons (Fsp3) is 0.333. The van der Waals surface area contributed by atoms with Gasteiger partial charge in [0.25, 0.3) is 0 Å². The number of rotatable bonds is 2. The van der Waals surface area contributed by atoms with Crippen molar-refractivity contribution in [2.24, 2.45) is 0 Å². The summed E-state index contributed by atoms with van der Waals surface area (Å²) in [6.07, 6.45) is 0.224. The van der Waals surface area contributed by atoms with Crippen molar-refractivity contribution in [1.29, 1.82) is 0 Å². The SMILES string of the molecule is CCC(=O)c1ccc2c(c1)CCN2C(=O)O. The summed E-state index contributed by atoms with van der Waals surface area (Å²) in [7, 11) is 0. The molecule has 1 amide bonds. The molecule has 0 spiro atoms. The second kappa shape index (κ2) is 3.96. The van der Waals surface area contributed by atoms with Crippen LogP contribution in [-0.4, -0.2) is 23.5 Å². The van der Waals surface area contributed by atoms with Crippen LogP contribution in [0.2, 0.25) is 0 Å². The van der Waals surface area contributed by atoms with Crippen LogP contribution in [0.1, 0.15) is 29.3 Å². The molecule has 0 radical (unpaired) electrons. The molecule has 84 valence electrons. The second-order valence-corrected chi connectivity index (χ2v) is 3.80. The Bertz CT molecular complexity index is 454. The standard InChI is InChI=1S/C12H13NO3/c1-2-11(14)9-3-4-10-8(7-9)5-6-13(10)12(15)16/h3-4,7H,2,5-6H2,1H3,(H,15,16). The molecule has 0 saturated heterocycles. The van der Waals surface area contributed by atoms with Crippen molar-refractivity contribution in [1.82, 2.24) is 0 Å². The summed E-state index contributed by atoms with van der Waals surface area (Å²) in [5.41, 5.74) is 2.33. The van der Waals surface area contributed by atoms with Crippen molar-refractivity contribution in [3.8, 4) is 0 Å². The summed E-state index contributed by atoms with van der Waals surface area (Å²) in [5.74, 6) is 0.0941. The zero-order valence-corrected chi connectivity index (χ0v) is 9.06. The maximum atomic E-state index is 11.5. The van der Waals surface area contributed by atoms with Crippen LogP contribution < -0.4 is 4.90 Å². The molecule has 0 fully saturated rings. The highest BCUT2D eigenvalue weighted by Gasteiger charge is 2.24. The first kappa shape index (κ1) is 10.7. The molecule has 16 heavy (non-hydrogen) atoms. The predicted octanol–water partition coefficient (Wildman–Crippen LogP) is 2.32. The minimum atomic E-state index is -0.937. The Labute approximate surface area is 93.5 Å². The number of ketones is 1. The second-order valence-electron chi connectivity index (χ2n) is 3.80. The number of carbonyl (C=O) groups is 2. The van der Waals surface area contributed by atoms with Crippen molar-refractivity contribution < 1.29 is 14.7 Å². The highest BCUT2D eigenvalue weighted by Crippen LogP contribution is 2.29. The van der Waals surface area contributed by atoms with Crippen molar-refractivity contribution in [2.45, 2.75) is 19.8 Å². The summed E-state index contributed by atoms with van der Waals surface area (Å²) >= 11 is 0. The summed E-state index contributed by atoms with van der Waals surface area (Å²) in [6.45, 7) is 2.30. The minimum absolute atomic E-state index is 0.0941. The van der Waals surface area contributed by atoms with Crippen molar-refractivity contribution >= 4 is 17.6 Å². The molecule has 4 nitrogen and oxygen atoms in total. The molecule has 0 unspecified atom stereocenters. The largest absolute Gasteiger partial charge is 0.465 e. The van der Waals surface area contributed by atoms with Gasteiger partial charge in [-0.15, -0.1) is 0 Å². The normalized spacial score (nSPS) is 13.7. The van der Waals surface area contributed by atoms with Gasteiger partial charge >= 0.3 is 6.09 Å². The molecule has 2 rings (SSSR count). The number of nitrogens with zero attached hydrogens (tertiary/aromatic N) is 1. The van der Waals surface area contributed by atoms with Crippen LogP contribution >= 0.6 is 0 Å². The Morgan fingerprint density at radius 2 is 2.19 bits per heavy atom. The highest BCUT2D eigenvalue weighted by atomic mass is 16.4. The highest BCUT2D eigenvalue weighted by molar-refractivity contribution is 5.97. The van der Waals surface area contributed by atoms with Gasteiger partial charge in [0.15, 0.2) is 5.78 Å². The molecule has 0 bridgehead atoms. The summed E-state index contributed by atoms with van der Waals surface area (Å²) in [6, 6.07) is 5.23. The Kier molecular flexibility index (Phi) is 2.64. The summed E-state index contributed by atoms with van der Waals surface area (Å²) < 4.78 is 0. The minimum Gasteiger partial charge on any atom is -0.465 e. The molecule has 1 aliphatic rings. The van der Waals surface area contributed by atoms with E-state index in [-0.39, 0.29) is 5.78 Å². The van der Waals surface area contributed by atoms with Crippen LogP contribution in [0.25, 0.3) is 0 Å². The van der Waals surface area contributed by atoms with Gasteiger partial charge in [-0.25, -0.2) is 4.79 Å². The van der Waals surface area contributed by atoms with Crippen LogP contribution in [0, 0.1) is 0 Å². The van der Waals surface area contributed by atoms with E-state index in [1.165, 1.54) is 4.90 Å². The van der Waals surface area contributed by atoms with E-state index in [2.05, 4.69) is 0 Å². The number of hydrogen-bond donors (Lipinski definition) is 1. The van der Waals surface area contributed by atoms with Gasteiger partial charge in [-0.3, -0.25) is 9.69 Å². The number of Topliss-reactive ketones (excluding diaryl/α,β-unsaturated/α-hetero) is 1. The molecule has 0 aliphatic carbocycles. The van der Waals surface area contributed by atoms with E-state index in [0.717, 1.165) is 5.56 Å². The van der Waals surface area contributed by atoms with Crippen LogP contribution in [0.15, 0.2) is 18.2 Å². The Morgan fingerprint density at radius 1 is 1.44 bits per heavy atom. The molecule has 0 aromatic heterocycles. The van der Waals surface area contributed by atoms with Gasteiger partial charge in [-0.2, -0.15) is 0 Å². The lowest BCUT2D eigenvalue weighted by atomic mass is 10.0. The maximum Gasteiger partial charge on any atom is 0.411 e. The summed E-state index contributed by atoms with van der Waals surface area (Å²) in [4.78, 5) is 23.7. The number of anilines is 1. The molecule has 4 heteroatoms. The average molecular weight is 219 g/mol.